The molecule has 142 valence electrons. The van der Waals surface area contributed by atoms with Crippen LogP contribution in [-0.4, -0.2) is 48.4 Å². The molecule has 1 aromatic rings. The van der Waals surface area contributed by atoms with Crippen LogP contribution in [0.3, 0.4) is 0 Å². The fraction of sp³-hybridized carbons (Fsp3) is 0.474. The lowest BCUT2D eigenvalue weighted by Crippen LogP contribution is -2.58. The standard InChI is InChI=1S/C19H25FN2O4/c1-18(2,3)26-17(24)22-11-10-15(13-6-8-14(20)9-7-13)19(4,12-22)21-16(23)25-5/h6-10H,11-12H2,1-5H3,(H,21,23). The van der Waals surface area contributed by atoms with E-state index in [-0.39, 0.29) is 12.4 Å². The van der Waals surface area contributed by atoms with Crippen molar-refractivity contribution in [2.24, 2.45) is 0 Å². The highest BCUT2D eigenvalue weighted by atomic mass is 19.1. The van der Waals surface area contributed by atoms with E-state index in [4.69, 9.17) is 9.47 Å². The lowest BCUT2D eigenvalue weighted by Gasteiger charge is -2.41. The van der Waals surface area contributed by atoms with Gasteiger partial charge in [0.1, 0.15) is 11.4 Å². The van der Waals surface area contributed by atoms with Gasteiger partial charge in [-0.05, 0) is 51.0 Å². The predicted molar refractivity (Wildman–Crippen MR) is 96.1 cm³/mol. The second-order valence-corrected chi connectivity index (χ2v) is 7.43. The number of amides is 2. The van der Waals surface area contributed by atoms with Crippen LogP contribution in [0.2, 0.25) is 0 Å². The van der Waals surface area contributed by atoms with Crippen molar-refractivity contribution in [3.63, 3.8) is 0 Å². The van der Waals surface area contributed by atoms with Crippen LogP contribution in [0.5, 0.6) is 0 Å². The molecule has 0 saturated heterocycles. The highest BCUT2D eigenvalue weighted by Gasteiger charge is 2.39. The Morgan fingerprint density at radius 3 is 2.38 bits per heavy atom. The van der Waals surface area contributed by atoms with Gasteiger partial charge in [0.05, 0.1) is 19.2 Å². The molecule has 0 fully saturated rings. The molecule has 2 amide bonds. The molecule has 1 aromatic carbocycles. The van der Waals surface area contributed by atoms with Crippen LogP contribution in [0.15, 0.2) is 30.3 Å². The largest absolute Gasteiger partial charge is 0.453 e. The number of nitrogens with zero attached hydrogens (tertiary/aromatic N) is 1. The average molecular weight is 364 g/mol. The number of hydrogen-bond acceptors (Lipinski definition) is 4. The zero-order chi connectivity index (χ0) is 19.5. The summed E-state index contributed by atoms with van der Waals surface area (Å²) >= 11 is 0. The Morgan fingerprint density at radius 2 is 1.85 bits per heavy atom. The average Bonchev–Trinajstić information content (AvgIpc) is 2.53. The first-order valence-electron chi connectivity index (χ1n) is 8.35. The van der Waals surface area contributed by atoms with Crippen molar-refractivity contribution in [2.45, 2.75) is 38.8 Å². The third-order valence-corrected chi connectivity index (χ3v) is 3.99. The van der Waals surface area contributed by atoms with Crippen molar-refractivity contribution in [3.05, 3.63) is 41.7 Å². The second-order valence-electron chi connectivity index (χ2n) is 7.43. The lowest BCUT2D eigenvalue weighted by molar-refractivity contribution is 0.0229. The molecule has 26 heavy (non-hydrogen) atoms. The summed E-state index contributed by atoms with van der Waals surface area (Å²) in [7, 11) is 1.27. The van der Waals surface area contributed by atoms with E-state index in [1.54, 1.807) is 39.8 Å². The molecule has 7 heteroatoms. The highest BCUT2D eigenvalue weighted by Crippen LogP contribution is 2.32. The first-order chi connectivity index (χ1) is 12.0. The van der Waals surface area contributed by atoms with Gasteiger partial charge in [-0.2, -0.15) is 0 Å². The number of benzene rings is 1. The molecule has 0 aliphatic carbocycles. The van der Waals surface area contributed by atoms with Crippen molar-refractivity contribution < 1.29 is 23.5 Å². The summed E-state index contributed by atoms with van der Waals surface area (Å²) in [4.78, 5) is 25.8. The summed E-state index contributed by atoms with van der Waals surface area (Å²) in [5.41, 5.74) is 0.00134. The van der Waals surface area contributed by atoms with E-state index in [0.717, 1.165) is 11.1 Å². The van der Waals surface area contributed by atoms with E-state index < -0.39 is 23.3 Å². The number of halogens is 1. The maximum atomic E-state index is 13.3. The molecule has 1 atom stereocenters. The van der Waals surface area contributed by atoms with Crippen LogP contribution in [0.25, 0.3) is 5.57 Å². The number of ether oxygens (including phenoxy) is 2. The maximum absolute atomic E-state index is 13.3. The third kappa shape index (κ3) is 4.74. The Hall–Kier alpha value is -2.57. The number of nitrogens with one attached hydrogen (secondary N) is 1. The van der Waals surface area contributed by atoms with Gasteiger partial charge >= 0.3 is 12.2 Å². The van der Waals surface area contributed by atoms with E-state index in [2.05, 4.69) is 5.32 Å². The lowest BCUT2D eigenvalue weighted by atomic mass is 9.83. The molecule has 0 saturated carbocycles. The zero-order valence-corrected chi connectivity index (χ0v) is 15.8. The fourth-order valence-corrected chi connectivity index (χ4v) is 2.87. The maximum Gasteiger partial charge on any atom is 0.410 e. The number of methoxy groups -OCH3 is 1. The number of hydrogen-bond donors (Lipinski definition) is 1. The number of rotatable bonds is 2. The first kappa shape index (κ1) is 19.8. The summed E-state index contributed by atoms with van der Waals surface area (Å²) in [6.45, 7) is 7.68. The topological polar surface area (TPSA) is 67.9 Å². The van der Waals surface area contributed by atoms with E-state index in [9.17, 15) is 14.0 Å². The van der Waals surface area contributed by atoms with Crippen LogP contribution in [-0.2, 0) is 9.47 Å². The molecule has 0 radical (unpaired) electrons. The van der Waals surface area contributed by atoms with E-state index >= 15 is 0 Å². The molecule has 1 aliphatic rings. The molecule has 0 spiro atoms. The van der Waals surface area contributed by atoms with E-state index in [1.807, 2.05) is 6.08 Å². The van der Waals surface area contributed by atoms with Gasteiger partial charge < -0.3 is 19.7 Å². The van der Waals surface area contributed by atoms with Gasteiger partial charge in [-0.15, -0.1) is 0 Å². The van der Waals surface area contributed by atoms with Crippen LogP contribution >= 0.6 is 0 Å². The summed E-state index contributed by atoms with van der Waals surface area (Å²) < 4.78 is 23.4. The van der Waals surface area contributed by atoms with Gasteiger partial charge in [0.25, 0.3) is 0 Å². The summed E-state index contributed by atoms with van der Waals surface area (Å²) in [6, 6.07) is 5.99. The molecule has 1 N–H and O–H groups in total. The van der Waals surface area contributed by atoms with Gasteiger partial charge in [-0.25, -0.2) is 14.0 Å². The van der Waals surface area contributed by atoms with Crippen molar-refractivity contribution >= 4 is 17.8 Å². The molecular weight excluding hydrogens is 339 g/mol. The normalized spacial score (nSPS) is 20.2. The quantitative estimate of drug-likeness (QED) is 0.871. The minimum absolute atomic E-state index is 0.195. The Labute approximate surface area is 153 Å². The summed E-state index contributed by atoms with van der Waals surface area (Å²) in [5.74, 6) is -0.344. The molecule has 1 aliphatic heterocycles. The van der Waals surface area contributed by atoms with Gasteiger partial charge in [-0.3, -0.25) is 0 Å². The Bertz CT molecular complexity index is 709. The van der Waals surface area contributed by atoms with Crippen LogP contribution in [0, 0.1) is 5.82 Å². The van der Waals surface area contributed by atoms with Gasteiger partial charge in [0.2, 0.25) is 0 Å². The SMILES string of the molecule is COC(=O)NC1(C)CN(C(=O)OC(C)(C)C)CC=C1c1ccc(F)cc1. The highest BCUT2D eigenvalue weighted by molar-refractivity contribution is 5.81. The summed E-state index contributed by atoms with van der Waals surface area (Å²) in [6.07, 6.45) is 0.743. The van der Waals surface area contributed by atoms with Crippen molar-refractivity contribution in [2.75, 3.05) is 20.2 Å². The van der Waals surface area contributed by atoms with E-state index in [1.165, 1.54) is 24.1 Å². The van der Waals surface area contributed by atoms with Gasteiger partial charge in [0, 0.05) is 6.54 Å². The van der Waals surface area contributed by atoms with Gasteiger partial charge in [0.15, 0.2) is 0 Å². The second kappa shape index (κ2) is 7.35. The van der Waals surface area contributed by atoms with Crippen molar-refractivity contribution in [1.29, 1.82) is 0 Å². The summed E-state index contributed by atoms with van der Waals surface area (Å²) in [5, 5.41) is 2.78. The Morgan fingerprint density at radius 1 is 1.23 bits per heavy atom. The fourth-order valence-electron chi connectivity index (χ4n) is 2.87. The Balaban J connectivity index is 2.34. The number of carbonyl (C=O) groups is 2. The molecular formula is C19H25FN2O4. The molecule has 0 bridgehead atoms. The molecule has 1 heterocycles. The monoisotopic (exact) mass is 364 g/mol. The molecule has 0 aromatic heterocycles. The molecule has 1 unspecified atom stereocenters. The Kier molecular flexibility index (Phi) is 5.59. The van der Waals surface area contributed by atoms with Crippen molar-refractivity contribution in [1.82, 2.24) is 10.2 Å². The smallest absolute Gasteiger partial charge is 0.410 e. The van der Waals surface area contributed by atoms with Crippen LogP contribution < -0.4 is 5.32 Å². The predicted octanol–water partition coefficient (Wildman–Crippen LogP) is 3.57. The minimum atomic E-state index is -0.917. The zero-order valence-electron chi connectivity index (χ0n) is 15.8. The molecule has 2 rings (SSSR count). The minimum Gasteiger partial charge on any atom is -0.453 e. The van der Waals surface area contributed by atoms with E-state index in [0.29, 0.717) is 6.54 Å². The number of carbonyl (C=O) groups excluding carboxylic acids is 2. The third-order valence-electron chi connectivity index (χ3n) is 3.99. The van der Waals surface area contributed by atoms with Gasteiger partial charge in [-0.1, -0.05) is 18.2 Å². The van der Waals surface area contributed by atoms with Crippen LogP contribution in [0.4, 0.5) is 14.0 Å². The number of alkyl carbamates (subject to hydrolysis) is 1. The molecule has 6 nitrogen and oxygen atoms in total. The van der Waals surface area contributed by atoms with Crippen molar-refractivity contribution in [3.8, 4) is 0 Å². The van der Waals surface area contributed by atoms with Crippen LogP contribution in [0.1, 0.15) is 33.3 Å². The first-order valence-corrected chi connectivity index (χ1v) is 8.35.